The van der Waals surface area contributed by atoms with Gasteiger partial charge >= 0.3 is 5.97 Å². The van der Waals surface area contributed by atoms with E-state index in [0.717, 1.165) is 5.57 Å². The van der Waals surface area contributed by atoms with Gasteiger partial charge in [-0.15, -0.1) is 0 Å². The summed E-state index contributed by atoms with van der Waals surface area (Å²) in [6.07, 6.45) is 5.45. The summed E-state index contributed by atoms with van der Waals surface area (Å²) in [5, 5.41) is 18.9. The third-order valence-corrected chi connectivity index (χ3v) is 8.46. The molecule has 1 aliphatic heterocycles. The number of Topliss-reactive ketones (excluding diaryl/α,β-unsaturated/α-hetero) is 1. The smallest absolute Gasteiger partial charge is 0.303 e. The van der Waals surface area contributed by atoms with Crippen LogP contribution in [0.3, 0.4) is 0 Å². The van der Waals surface area contributed by atoms with E-state index < -0.39 is 29.6 Å². The molecule has 0 radical (unpaired) electrons. The number of hydrogen-bond acceptors (Lipinski definition) is 7. The van der Waals surface area contributed by atoms with Gasteiger partial charge in [0, 0.05) is 47.2 Å². The van der Waals surface area contributed by atoms with E-state index >= 15 is 0 Å². The molecule has 9 nitrogen and oxygen atoms in total. The molecule has 4 atom stereocenters. The highest BCUT2D eigenvalue weighted by Crippen LogP contribution is 2.56. The third-order valence-electron chi connectivity index (χ3n) is 8.46. The van der Waals surface area contributed by atoms with Crippen LogP contribution in [-0.4, -0.2) is 58.1 Å². The number of carboxylic acid groups (broad SMARTS) is 1. The predicted octanol–water partition coefficient (Wildman–Crippen LogP) is 3.48. The Morgan fingerprint density at radius 3 is 2.56 bits per heavy atom. The van der Waals surface area contributed by atoms with Crippen LogP contribution in [0.1, 0.15) is 56.9 Å². The number of carboxylic acids is 1. The van der Waals surface area contributed by atoms with Crippen molar-refractivity contribution in [1.82, 2.24) is 4.90 Å². The minimum Gasteiger partial charge on any atom is -0.508 e. The number of hydrogen-bond donors (Lipinski definition) is 2. The predicted molar refractivity (Wildman–Crippen MR) is 139 cm³/mol. The maximum atomic E-state index is 13.7. The number of ether oxygens (including phenoxy) is 1. The van der Waals surface area contributed by atoms with Crippen LogP contribution >= 0.6 is 0 Å². The Bertz CT molecular complexity index is 1380. The molecular weight excluding hydrogens is 502 g/mol. The molecule has 0 bridgehead atoms. The lowest BCUT2D eigenvalue weighted by Crippen LogP contribution is -2.40. The summed E-state index contributed by atoms with van der Waals surface area (Å²) < 4.78 is 5.56. The van der Waals surface area contributed by atoms with E-state index in [2.05, 4.69) is 0 Å². The number of rotatable bonds is 8. The highest BCUT2D eigenvalue weighted by Gasteiger charge is 2.56. The lowest BCUT2D eigenvalue weighted by atomic mass is 9.59. The van der Waals surface area contributed by atoms with E-state index in [1.54, 1.807) is 13.0 Å². The first-order valence-corrected chi connectivity index (χ1v) is 13.3. The number of aromatic hydroxyl groups is 1. The lowest BCUT2D eigenvalue weighted by Gasteiger charge is -2.42. The van der Waals surface area contributed by atoms with Crippen molar-refractivity contribution in [2.75, 3.05) is 13.7 Å². The topological polar surface area (TPSA) is 138 Å². The number of benzene rings is 1. The average molecular weight is 534 g/mol. The summed E-state index contributed by atoms with van der Waals surface area (Å²) in [6, 6.07) is 4.64. The maximum absolute atomic E-state index is 13.7. The summed E-state index contributed by atoms with van der Waals surface area (Å²) in [5.41, 5.74) is 2.51. The summed E-state index contributed by atoms with van der Waals surface area (Å²) in [5.74, 6) is -3.81. The van der Waals surface area contributed by atoms with Crippen molar-refractivity contribution in [2.45, 2.75) is 51.4 Å². The van der Waals surface area contributed by atoms with Crippen molar-refractivity contribution in [2.24, 2.45) is 17.8 Å². The Labute approximate surface area is 225 Å². The summed E-state index contributed by atoms with van der Waals surface area (Å²) >= 11 is 0. The number of phenols is 1. The van der Waals surface area contributed by atoms with Gasteiger partial charge in [0.25, 0.3) is 0 Å². The van der Waals surface area contributed by atoms with Crippen LogP contribution in [0.15, 0.2) is 52.6 Å². The van der Waals surface area contributed by atoms with E-state index in [4.69, 9.17) is 9.84 Å². The first kappa shape index (κ1) is 26.6. The minimum absolute atomic E-state index is 0.00691. The number of phenolic OH excluding ortho intramolecular Hbond substituents is 1. The molecule has 5 rings (SSSR count). The second kappa shape index (κ2) is 10.3. The molecule has 2 N–H and O–H groups in total. The first-order valence-electron chi connectivity index (χ1n) is 13.3. The second-order valence-electron chi connectivity index (χ2n) is 10.7. The van der Waals surface area contributed by atoms with Gasteiger partial charge < -0.3 is 14.9 Å². The van der Waals surface area contributed by atoms with Crippen molar-refractivity contribution < 1.29 is 38.9 Å². The van der Waals surface area contributed by atoms with E-state index in [-0.39, 0.29) is 48.5 Å². The average Bonchev–Trinajstić information content (AvgIpc) is 3.15. The fourth-order valence-electron chi connectivity index (χ4n) is 6.66. The summed E-state index contributed by atoms with van der Waals surface area (Å²) in [4.78, 5) is 65.8. The molecule has 39 heavy (non-hydrogen) atoms. The Balaban J connectivity index is 1.52. The van der Waals surface area contributed by atoms with Crippen molar-refractivity contribution in [3.63, 3.8) is 0 Å². The number of amides is 2. The van der Waals surface area contributed by atoms with Gasteiger partial charge in [-0.2, -0.15) is 0 Å². The van der Waals surface area contributed by atoms with Gasteiger partial charge in [0.05, 0.1) is 18.9 Å². The molecule has 204 valence electrons. The van der Waals surface area contributed by atoms with Gasteiger partial charge in [-0.25, -0.2) is 0 Å². The first-order chi connectivity index (χ1) is 18.6. The zero-order valence-corrected chi connectivity index (χ0v) is 21.9. The van der Waals surface area contributed by atoms with E-state index in [0.29, 0.717) is 53.7 Å². The number of unbranched alkanes of at least 4 members (excludes halogenated alkanes) is 2. The Kier molecular flexibility index (Phi) is 7.01. The van der Waals surface area contributed by atoms with Crippen molar-refractivity contribution in [3.8, 4) is 11.5 Å². The van der Waals surface area contributed by atoms with E-state index in [1.165, 1.54) is 30.2 Å². The number of fused-ring (bicyclic) bond motifs is 3. The molecule has 9 heteroatoms. The normalized spacial score (nSPS) is 26.2. The quantitative estimate of drug-likeness (QED) is 0.224. The fourth-order valence-corrected chi connectivity index (χ4v) is 6.66. The molecule has 0 saturated carbocycles. The molecule has 4 aliphatic rings. The van der Waals surface area contributed by atoms with Gasteiger partial charge in [0.2, 0.25) is 11.8 Å². The monoisotopic (exact) mass is 533 g/mol. The number of allylic oxidation sites excluding steroid dienone is 6. The highest BCUT2D eigenvalue weighted by atomic mass is 16.5. The van der Waals surface area contributed by atoms with Crippen LogP contribution in [0.5, 0.6) is 11.5 Å². The van der Waals surface area contributed by atoms with Gasteiger partial charge in [-0.1, -0.05) is 24.1 Å². The van der Waals surface area contributed by atoms with Crippen LogP contribution in [0, 0.1) is 17.8 Å². The molecule has 1 fully saturated rings. The van der Waals surface area contributed by atoms with Crippen LogP contribution in [-0.2, 0) is 24.0 Å². The number of carbonyl (C=O) groups is 5. The van der Waals surface area contributed by atoms with Crippen molar-refractivity contribution in [1.29, 1.82) is 0 Å². The SMILES string of the molecule is COc1cc(O)ccc1C1C2=CCC3C(=O)N(CCCCCC(=O)O)C(=O)C3C2CC2=C1C(=O)C(C)=CC2=O. The Morgan fingerprint density at radius 2 is 1.85 bits per heavy atom. The zero-order chi connectivity index (χ0) is 28.0. The summed E-state index contributed by atoms with van der Waals surface area (Å²) in [6.45, 7) is 1.84. The van der Waals surface area contributed by atoms with E-state index in [9.17, 15) is 29.1 Å². The van der Waals surface area contributed by atoms with Gasteiger partial charge in [-0.05, 0) is 50.7 Å². The molecule has 0 aromatic heterocycles. The van der Waals surface area contributed by atoms with Crippen LogP contribution in [0.4, 0.5) is 0 Å². The number of methoxy groups -OCH3 is 1. The number of likely N-dealkylation sites (tertiary alicyclic amines) is 1. The number of ketones is 2. The maximum Gasteiger partial charge on any atom is 0.303 e. The molecule has 1 heterocycles. The largest absolute Gasteiger partial charge is 0.508 e. The molecular formula is C30H31NO8. The Morgan fingerprint density at radius 1 is 1.08 bits per heavy atom. The minimum atomic E-state index is -0.875. The van der Waals surface area contributed by atoms with Crippen molar-refractivity contribution in [3.05, 3.63) is 58.2 Å². The molecule has 0 spiro atoms. The highest BCUT2D eigenvalue weighted by molar-refractivity contribution is 6.24. The zero-order valence-electron chi connectivity index (χ0n) is 21.9. The van der Waals surface area contributed by atoms with E-state index in [1.807, 2.05) is 6.08 Å². The molecule has 1 aromatic carbocycles. The van der Waals surface area contributed by atoms with Gasteiger partial charge in [0.1, 0.15) is 11.5 Å². The molecule has 2 amide bonds. The fraction of sp³-hybridized carbons (Fsp3) is 0.433. The molecule has 1 saturated heterocycles. The molecule has 1 aromatic rings. The van der Waals surface area contributed by atoms with Gasteiger partial charge in [-0.3, -0.25) is 28.9 Å². The Hall–Kier alpha value is -4.01. The molecule has 3 aliphatic carbocycles. The lowest BCUT2D eigenvalue weighted by molar-refractivity contribution is -0.141. The number of aliphatic carboxylic acids is 1. The summed E-state index contributed by atoms with van der Waals surface area (Å²) in [7, 11) is 1.46. The number of nitrogens with zero attached hydrogens (tertiary/aromatic N) is 1. The third kappa shape index (κ3) is 4.49. The van der Waals surface area contributed by atoms with Crippen LogP contribution in [0.25, 0.3) is 0 Å². The second-order valence-corrected chi connectivity index (χ2v) is 10.7. The van der Waals surface area contributed by atoms with Gasteiger partial charge in [0.15, 0.2) is 11.6 Å². The standard InChI is InChI=1S/C30H31NO8/c1-15-12-22(33)21-14-20-17(25(27(21)28(15)36)18-8-7-16(32)13-23(18)39-2)9-10-19-26(20)30(38)31(29(19)37)11-5-3-4-6-24(34)35/h7-9,12-13,19-20,25-26,32H,3-6,10-11,14H2,1-2H3,(H,34,35). The number of imide groups is 1. The van der Waals surface area contributed by atoms with Crippen LogP contribution < -0.4 is 4.74 Å². The molecule has 4 unspecified atom stereocenters. The van der Waals surface area contributed by atoms with Crippen molar-refractivity contribution >= 4 is 29.4 Å². The number of carbonyl (C=O) groups excluding carboxylic acids is 4. The van der Waals surface area contributed by atoms with Crippen LogP contribution in [0.2, 0.25) is 0 Å².